The first kappa shape index (κ1) is 10.3. The van der Waals surface area contributed by atoms with Gasteiger partial charge in [0.25, 0.3) is 0 Å². The van der Waals surface area contributed by atoms with Crippen LogP contribution in [0.3, 0.4) is 0 Å². The Morgan fingerprint density at radius 2 is 2.31 bits per heavy atom. The fourth-order valence-corrected chi connectivity index (χ4v) is 1.49. The second-order valence-electron chi connectivity index (χ2n) is 3.23. The molecule has 0 aromatic carbocycles. The predicted octanol–water partition coefficient (Wildman–Crippen LogP) is 0.0133. The molecule has 76 valence electrons. The molecular formula is C8H15NO4. The predicted molar refractivity (Wildman–Crippen MR) is 45.2 cm³/mol. The zero-order chi connectivity index (χ0) is 9.73. The van der Waals surface area contributed by atoms with Crippen molar-refractivity contribution in [1.82, 2.24) is 0 Å². The maximum atomic E-state index is 10.6. The topological polar surface area (TPSA) is 81.8 Å². The summed E-state index contributed by atoms with van der Waals surface area (Å²) in [5.74, 6) is 0. The summed E-state index contributed by atoms with van der Waals surface area (Å²) in [5, 5.41) is 9.13. The average molecular weight is 189 g/mol. The number of aliphatic hydroxyl groups is 1. The lowest BCUT2D eigenvalue weighted by molar-refractivity contribution is -0.0391. The minimum atomic E-state index is -0.837. The van der Waals surface area contributed by atoms with E-state index in [2.05, 4.69) is 0 Å². The van der Waals surface area contributed by atoms with Crippen molar-refractivity contribution in [2.45, 2.75) is 24.9 Å². The second-order valence-corrected chi connectivity index (χ2v) is 3.23. The Hall–Kier alpha value is -0.810. The van der Waals surface area contributed by atoms with Gasteiger partial charge in [0, 0.05) is 13.0 Å². The van der Waals surface area contributed by atoms with Gasteiger partial charge in [-0.05, 0) is 12.8 Å². The smallest absolute Gasteiger partial charge is 0.405 e. The zero-order valence-electron chi connectivity index (χ0n) is 7.49. The Kier molecular flexibility index (Phi) is 3.50. The van der Waals surface area contributed by atoms with Crippen molar-refractivity contribution in [2.75, 3.05) is 19.8 Å². The van der Waals surface area contributed by atoms with Crippen molar-refractivity contribution >= 4 is 6.09 Å². The summed E-state index contributed by atoms with van der Waals surface area (Å²) in [6.45, 7) is 0.941. The first-order chi connectivity index (χ1) is 6.18. The van der Waals surface area contributed by atoms with Gasteiger partial charge >= 0.3 is 6.09 Å². The van der Waals surface area contributed by atoms with Crippen LogP contribution in [-0.2, 0) is 9.47 Å². The van der Waals surface area contributed by atoms with E-state index in [4.69, 9.17) is 20.3 Å². The number of primary amides is 1. The van der Waals surface area contributed by atoms with E-state index >= 15 is 0 Å². The summed E-state index contributed by atoms with van der Waals surface area (Å²) < 4.78 is 10.1. The molecule has 1 fully saturated rings. The third-order valence-electron chi connectivity index (χ3n) is 2.23. The van der Waals surface area contributed by atoms with Gasteiger partial charge in [-0.25, -0.2) is 4.79 Å². The van der Waals surface area contributed by atoms with E-state index in [1.54, 1.807) is 0 Å². The van der Waals surface area contributed by atoms with Gasteiger partial charge in [0.1, 0.15) is 5.60 Å². The molecule has 3 N–H and O–H groups in total. The van der Waals surface area contributed by atoms with E-state index in [9.17, 15) is 4.79 Å². The number of hydrogen-bond acceptors (Lipinski definition) is 4. The van der Waals surface area contributed by atoms with Gasteiger partial charge < -0.3 is 20.3 Å². The molecule has 1 unspecified atom stereocenters. The molecule has 1 aliphatic heterocycles. The number of nitrogens with two attached hydrogens (primary N) is 1. The van der Waals surface area contributed by atoms with E-state index in [1.807, 2.05) is 0 Å². The van der Waals surface area contributed by atoms with Crippen LogP contribution >= 0.6 is 0 Å². The highest BCUT2D eigenvalue weighted by Gasteiger charge is 2.34. The van der Waals surface area contributed by atoms with Crippen molar-refractivity contribution in [1.29, 1.82) is 0 Å². The van der Waals surface area contributed by atoms with Gasteiger partial charge in [-0.1, -0.05) is 0 Å². The first-order valence-corrected chi connectivity index (χ1v) is 4.36. The minimum Gasteiger partial charge on any atom is -0.441 e. The van der Waals surface area contributed by atoms with Crippen LogP contribution in [0.4, 0.5) is 4.79 Å². The number of amides is 1. The van der Waals surface area contributed by atoms with Gasteiger partial charge in [0.15, 0.2) is 0 Å². The Balaban J connectivity index is 2.58. The Morgan fingerprint density at radius 3 is 2.92 bits per heavy atom. The van der Waals surface area contributed by atoms with Crippen LogP contribution < -0.4 is 5.73 Å². The molecule has 1 atom stereocenters. The Bertz CT molecular complexity index is 175. The van der Waals surface area contributed by atoms with E-state index in [0.717, 1.165) is 6.42 Å². The fourth-order valence-electron chi connectivity index (χ4n) is 1.49. The number of carbonyl (C=O) groups is 1. The van der Waals surface area contributed by atoms with Gasteiger partial charge in [-0.2, -0.15) is 0 Å². The normalized spacial score (nSPS) is 29.3. The van der Waals surface area contributed by atoms with Crippen LogP contribution in [-0.4, -0.2) is 36.6 Å². The number of aliphatic hydroxyl groups excluding tert-OH is 1. The highest BCUT2D eigenvalue weighted by atomic mass is 16.6. The van der Waals surface area contributed by atoms with Gasteiger partial charge in [-0.3, -0.25) is 0 Å². The highest BCUT2D eigenvalue weighted by molar-refractivity contribution is 5.65. The molecule has 0 aliphatic carbocycles. The third-order valence-corrected chi connectivity index (χ3v) is 2.23. The lowest BCUT2D eigenvalue weighted by Gasteiger charge is -2.28. The quantitative estimate of drug-likeness (QED) is 0.641. The molecule has 13 heavy (non-hydrogen) atoms. The van der Waals surface area contributed by atoms with Crippen LogP contribution in [0.2, 0.25) is 0 Å². The molecule has 0 bridgehead atoms. The van der Waals surface area contributed by atoms with Crippen molar-refractivity contribution in [2.24, 2.45) is 5.73 Å². The van der Waals surface area contributed by atoms with Gasteiger partial charge in [-0.15, -0.1) is 0 Å². The molecule has 1 amide bonds. The molecule has 1 saturated heterocycles. The van der Waals surface area contributed by atoms with E-state index in [1.165, 1.54) is 0 Å². The molecule has 0 radical (unpaired) electrons. The molecule has 0 spiro atoms. The lowest BCUT2D eigenvalue weighted by Crippen LogP contribution is -2.41. The van der Waals surface area contributed by atoms with Crippen molar-refractivity contribution in [3.05, 3.63) is 0 Å². The Morgan fingerprint density at radius 1 is 1.54 bits per heavy atom. The SMILES string of the molecule is NC(=O)OC1(CO)CCCOCC1. The number of carbonyl (C=O) groups excluding carboxylic acids is 1. The van der Waals surface area contributed by atoms with Crippen LogP contribution in [0.1, 0.15) is 19.3 Å². The molecule has 1 rings (SSSR count). The third kappa shape index (κ3) is 2.86. The molecular weight excluding hydrogens is 174 g/mol. The lowest BCUT2D eigenvalue weighted by atomic mass is 9.96. The second kappa shape index (κ2) is 4.43. The minimum absolute atomic E-state index is 0.195. The summed E-state index contributed by atoms with van der Waals surface area (Å²) >= 11 is 0. The van der Waals surface area contributed by atoms with Crippen molar-refractivity contribution in [3.63, 3.8) is 0 Å². The summed E-state index contributed by atoms with van der Waals surface area (Å²) in [7, 11) is 0. The van der Waals surface area contributed by atoms with Crippen LogP contribution in [0.5, 0.6) is 0 Å². The van der Waals surface area contributed by atoms with E-state index in [-0.39, 0.29) is 6.61 Å². The zero-order valence-corrected chi connectivity index (χ0v) is 7.49. The average Bonchev–Trinajstić information content (AvgIpc) is 2.30. The van der Waals surface area contributed by atoms with Crippen molar-refractivity contribution in [3.8, 4) is 0 Å². The van der Waals surface area contributed by atoms with Crippen LogP contribution in [0.25, 0.3) is 0 Å². The fraction of sp³-hybridized carbons (Fsp3) is 0.875. The van der Waals surface area contributed by atoms with Gasteiger partial charge in [0.2, 0.25) is 0 Å². The number of rotatable bonds is 2. The maximum absolute atomic E-state index is 10.6. The molecule has 5 nitrogen and oxygen atoms in total. The Labute approximate surface area is 76.8 Å². The maximum Gasteiger partial charge on any atom is 0.405 e. The standard InChI is InChI=1S/C8H15NO4/c9-7(11)13-8(6-10)2-1-4-12-5-3-8/h10H,1-6H2,(H2,9,11). The summed E-state index contributed by atoms with van der Waals surface area (Å²) in [4.78, 5) is 10.6. The van der Waals surface area contributed by atoms with Crippen LogP contribution in [0, 0.1) is 0 Å². The van der Waals surface area contributed by atoms with Crippen LogP contribution in [0.15, 0.2) is 0 Å². The molecule has 0 saturated carbocycles. The molecule has 1 heterocycles. The summed E-state index contributed by atoms with van der Waals surface area (Å²) in [5.41, 5.74) is 4.10. The van der Waals surface area contributed by atoms with Crippen molar-refractivity contribution < 1.29 is 19.4 Å². The largest absolute Gasteiger partial charge is 0.441 e. The van der Waals surface area contributed by atoms with E-state index < -0.39 is 11.7 Å². The molecule has 1 aliphatic rings. The number of ether oxygens (including phenoxy) is 2. The number of hydrogen-bond donors (Lipinski definition) is 2. The van der Waals surface area contributed by atoms with Gasteiger partial charge in [0.05, 0.1) is 13.2 Å². The summed E-state index contributed by atoms with van der Waals surface area (Å²) in [6.07, 6.45) is 1.04. The molecule has 0 aromatic heterocycles. The monoisotopic (exact) mass is 189 g/mol. The first-order valence-electron chi connectivity index (χ1n) is 4.36. The van der Waals surface area contributed by atoms with E-state index in [0.29, 0.717) is 26.1 Å². The molecule has 5 heteroatoms. The summed E-state index contributed by atoms with van der Waals surface area (Å²) in [6, 6.07) is 0. The highest BCUT2D eigenvalue weighted by Crippen LogP contribution is 2.24. The molecule has 0 aromatic rings.